The van der Waals surface area contributed by atoms with Crippen LogP contribution in [0.5, 0.6) is 5.75 Å². The molecular weight excluding hydrogens is 292 g/mol. The normalized spacial score (nSPS) is 21.8. The van der Waals surface area contributed by atoms with Crippen molar-refractivity contribution in [1.82, 2.24) is 0 Å². The first kappa shape index (κ1) is 14.4. The smallest absolute Gasteiger partial charge is 0.332 e. The van der Waals surface area contributed by atoms with Crippen molar-refractivity contribution in [3.8, 4) is 5.75 Å². The van der Waals surface area contributed by atoms with E-state index in [2.05, 4.69) is 12.2 Å². The summed E-state index contributed by atoms with van der Waals surface area (Å²) in [4.78, 5) is 11.3. The Morgan fingerprint density at radius 1 is 1.48 bits per heavy atom. The van der Waals surface area contributed by atoms with Gasteiger partial charge in [-0.2, -0.15) is 0 Å². The Bertz CT molecular complexity index is 582. The Morgan fingerprint density at radius 3 is 3.14 bits per heavy atom. The van der Waals surface area contributed by atoms with Crippen molar-refractivity contribution in [3.05, 3.63) is 40.4 Å². The van der Waals surface area contributed by atoms with Crippen molar-refractivity contribution in [2.75, 3.05) is 13.2 Å². The molecule has 112 valence electrons. The molecule has 0 fully saturated rings. The summed E-state index contributed by atoms with van der Waals surface area (Å²) in [6, 6.07) is 3.78. The average Bonchev–Trinajstić information content (AvgIpc) is 3.01. The molecule has 1 aromatic carbocycles. The summed E-state index contributed by atoms with van der Waals surface area (Å²) >= 11 is 6.18. The van der Waals surface area contributed by atoms with Gasteiger partial charge in [0.1, 0.15) is 18.5 Å². The second-order valence-electron chi connectivity index (χ2n) is 5.13. The van der Waals surface area contributed by atoms with Crippen LogP contribution in [0.2, 0.25) is 5.02 Å². The van der Waals surface area contributed by atoms with E-state index in [4.69, 9.17) is 25.8 Å². The fourth-order valence-corrected chi connectivity index (χ4v) is 3.07. The minimum absolute atomic E-state index is 0.0676. The van der Waals surface area contributed by atoms with E-state index in [9.17, 15) is 4.79 Å². The lowest BCUT2D eigenvalue weighted by Crippen LogP contribution is -2.13. The third-order valence-corrected chi connectivity index (χ3v) is 3.90. The number of ether oxygens (including phenoxy) is 3. The molecule has 2 atom stereocenters. The maximum Gasteiger partial charge on any atom is 0.332 e. The van der Waals surface area contributed by atoms with Gasteiger partial charge in [0.05, 0.1) is 13.2 Å². The highest BCUT2D eigenvalue weighted by Gasteiger charge is 2.36. The van der Waals surface area contributed by atoms with E-state index in [-0.39, 0.29) is 31.2 Å². The Kier molecular flexibility index (Phi) is 4.17. The van der Waals surface area contributed by atoms with Crippen LogP contribution in [0.4, 0.5) is 0 Å². The van der Waals surface area contributed by atoms with Gasteiger partial charge in [0.25, 0.3) is 0 Å². The van der Waals surface area contributed by atoms with Crippen LogP contribution in [0.15, 0.2) is 24.3 Å². The van der Waals surface area contributed by atoms with Crippen molar-refractivity contribution < 1.29 is 19.0 Å². The molecule has 0 spiro atoms. The van der Waals surface area contributed by atoms with Crippen LogP contribution in [-0.2, 0) is 20.9 Å². The lowest BCUT2D eigenvalue weighted by molar-refractivity contribution is -0.148. The zero-order valence-electron chi connectivity index (χ0n) is 11.8. The molecule has 1 aliphatic heterocycles. The number of fused-ring (bicyclic) bond motifs is 3. The molecule has 1 heterocycles. The van der Waals surface area contributed by atoms with E-state index < -0.39 is 0 Å². The lowest BCUT2D eigenvalue weighted by Gasteiger charge is -2.11. The van der Waals surface area contributed by atoms with Gasteiger partial charge < -0.3 is 14.2 Å². The van der Waals surface area contributed by atoms with Crippen LogP contribution in [0.1, 0.15) is 30.4 Å². The summed E-state index contributed by atoms with van der Waals surface area (Å²) in [7, 11) is 0. The van der Waals surface area contributed by atoms with Gasteiger partial charge in [-0.3, -0.25) is 0 Å². The van der Waals surface area contributed by atoms with Crippen molar-refractivity contribution in [1.29, 1.82) is 0 Å². The quantitative estimate of drug-likeness (QED) is 0.619. The Hall–Kier alpha value is -1.52. The minimum Gasteiger partial charge on any atom is -0.488 e. The summed E-state index contributed by atoms with van der Waals surface area (Å²) in [6.07, 6.45) is 5.38. The third-order valence-electron chi connectivity index (χ3n) is 3.68. The van der Waals surface area contributed by atoms with Gasteiger partial charge in [-0.05, 0) is 19.1 Å². The summed E-state index contributed by atoms with van der Waals surface area (Å²) in [5.74, 6) is 0.766. The number of benzene rings is 1. The SMILES string of the molecule is CCOC(=O)COCc1cc(Cl)cc2c1O[C@@H]1CC=C[C@H]21. The van der Waals surface area contributed by atoms with Crippen LogP contribution in [0, 0.1) is 0 Å². The van der Waals surface area contributed by atoms with E-state index in [1.165, 1.54) is 0 Å². The molecule has 3 rings (SSSR count). The largest absolute Gasteiger partial charge is 0.488 e. The number of carbonyl (C=O) groups is 1. The summed E-state index contributed by atoms with van der Waals surface area (Å²) < 4.78 is 16.2. The first-order chi connectivity index (χ1) is 10.2. The Balaban J connectivity index is 1.72. The van der Waals surface area contributed by atoms with Gasteiger partial charge in [-0.1, -0.05) is 23.8 Å². The Labute approximate surface area is 128 Å². The topological polar surface area (TPSA) is 44.8 Å². The molecule has 21 heavy (non-hydrogen) atoms. The Morgan fingerprint density at radius 2 is 2.33 bits per heavy atom. The monoisotopic (exact) mass is 308 g/mol. The molecule has 0 bridgehead atoms. The number of hydrogen-bond acceptors (Lipinski definition) is 4. The maximum atomic E-state index is 11.3. The van der Waals surface area contributed by atoms with Crippen LogP contribution >= 0.6 is 11.6 Å². The fourth-order valence-electron chi connectivity index (χ4n) is 2.83. The van der Waals surface area contributed by atoms with Gasteiger partial charge in [-0.15, -0.1) is 0 Å². The highest BCUT2D eigenvalue weighted by atomic mass is 35.5. The number of esters is 1. The lowest BCUT2D eigenvalue weighted by atomic mass is 9.97. The summed E-state index contributed by atoms with van der Waals surface area (Å²) in [5.41, 5.74) is 1.99. The molecule has 1 aliphatic carbocycles. The van der Waals surface area contributed by atoms with Gasteiger partial charge in [0, 0.05) is 28.5 Å². The van der Waals surface area contributed by atoms with E-state index in [1.54, 1.807) is 6.92 Å². The van der Waals surface area contributed by atoms with Crippen molar-refractivity contribution in [2.45, 2.75) is 32.0 Å². The molecule has 0 unspecified atom stereocenters. The standard InChI is InChI=1S/C16H17ClO4/c1-2-20-15(18)9-19-8-10-6-11(17)7-13-12-4-3-5-14(12)21-16(10)13/h3-4,6-7,12,14H,2,5,8-9H2,1H3/t12-,14-/m1/s1. The van der Waals surface area contributed by atoms with Gasteiger partial charge in [0.15, 0.2) is 0 Å². The zero-order chi connectivity index (χ0) is 14.8. The van der Waals surface area contributed by atoms with E-state index in [0.717, 1.165) is 23.3 Å². The summed E-state index contributed by atoms with van der Waals surface area (Å²) in [5, 5.41) is 0.660. The molecule has 0 N–H and O–H groups in total. The first-order valence-electron chi connectivity index (χ1n) is 7.08. The van der Waals surface area contributed by atoms with Crippen molar-refractivity contribution in [2.24, 2.45) is 0 Å². The highest BCUT2D eigenvalue weighted by Crippen LogP contribution is 2.46. The number of hydrogen-bond donors (Lipinski definition) is 0. The second-order valence-corrected chi connectivity index (χ2v) is 5.56. The third kappa shape index (κ3) is 2.92. The minimum atomic E-state index is -0.364. The zero-order valence-corrected chi connectivity index (χ0v) is 12.6. The van der Waals surface area contributed by atoms with Crippen LogP contribution < -0.4 is 4.74 Å². The average molecular weight is 309 g/mol. The predicted molar refractivity (Wildman–Crippen MR) is 78.7 cm³/mol. The fraction of sp³-hybridized carbons (Fsp3) is 0.438. The highest BCUT2D eigenvalue weighted by molar-refractivity contribution is 6.30. The number of rotatable bonds is 5. The molecule has 1 aromatic rings. The van der Waals surface area contributed by atoms with Crippen LogP contribution in [-0.4, -0.2) is 25.3 Å². The molecule has 5 heteroatoms. The van der Waals surface area contributed by atoms with Crippen LogP contribution in [0.25, 0.3) is 0 Å². The molecular formula is C16H17ClO4. The van der Waals surface area contributed by atoms with Crippen LogP contribution in [0.3, 0.4) is 0 Å². The molecule has 0 aromatic heterocycles. The van der Waals surface area contributed by atoms with Crippen molar-refractivity contribution >= 4 is 17.6 Å². The first-order valence-corrected chi connectivity index (χ1v) is 7.46. The molecule has 0 saturated heterocycles. The van der Waals surface area contributed by atoms with E-state index in [1.807, 2.05) is 12.1 Å². The van der Waals surface area contributed by atoms with Gasteiger partial charge in [0.2, 0.25) is 0 Å². The van der Waals surface area contributed by atoms with Gasteiger partial charge >= 0.3 is 5.97 Å². The van der Waals surface area contributed by atoms with E-state index in [0.29, 0.717) is 11.6 Å². The number of carbonyl (C=O) groups excluding carboxylic acids is 1. The number of halogens is 1. The molecule has 0 amide bonds. The molecule has 0 saturated carbocycles. The molecule has 0 radical (unpaired) electrons. The maximum absolute atomic E-state index is 11.3. The molecule has 2 aliphatic rings. The second kappa shape index (κ2) is 6.08. The van der Waals surface area contributed by atoms with Gasteiger partial charge in [-0.25, -0.2) is 4.79 Å². The van der Waals surface area contributed by atoms with Crippen molar-refractivity contribution in [3.63, 3.8) is 0 Å². The molecule has 4 nitrogen and oxygen atoms in total. The predicted octanol–water partition coefficient (Wildman–Crippen LogP) is 3.22. The summed E-state index contributed by atoms with van der Waals surface area (Å²) in [6.45, 7) is 2.34. The van der Waals surface area contributed by atoms with E-state index >= 15 is 0 Å².